The van der Waals surface area contributed by atoms with E-state index in [-0.39, 0.29) is 18.4 Å². The Morgan fingerprint density at radius 2 is 1.88 bits per heavy atom. The van der Waals surface area contributed by atoms with Crippen LogP contribution in [0.2, 0.25) is 0 Å². The zero-order valence-corrected chi connectivity index (χ0v) is 18.6. The first-order valence-corrected chi connectivity index (χ1v) is 11.4. The van der Waals surface area contributed by atoms with Crippen LogP contribution in [-0.2, 0) is 6.18 Å². The number of nitrogens with zero attached hydrogens (tertiary/aromatic N) is 4. The maximum Gasteiger partial charge on any atom is 0.417 e. The van der Waals surface area contributed by atoms with Gasteiger partial charge in [-0.2, -0.15) is 18.4 Å². The Bertz CT molecular complexity index is 1090. The summed E-state index contributed by atoms with van der Waals surface area (Å²) in [7, 11) is 0. The fourth-order valence-electron chi connectivity index (χ4n) is 4.36. The lowest BCUT2D eigenvalue weighted by Gasteiger charge is -2.37. The lowest BCUT2D eigenvalue weighted by molar-refractivity contribution is -0.138. The lowest BCUT2D eigenvalue weighted by Crippen LogP contribution is -2.47. The summed E-state index contributed by atoms with van der Waals surface area (Å²) in [5, 5.41) is 9.37. The number of alkyl halides is 3. The molecule has 2 fully saturated rings. The summed E-state index contributed by atoms with van der Waals surface area (Å²) in [4.78, 5) is 8.69. The highest BCUT2D eigenvalue weighted by Crippen LogP contribution is 2.44. The van der Waals surface area contributed by atoms with Gasteiger partial charge in [-0.05, 0) is 31.0 Å². The van der Waals surface area contributed by atoms with Gasteiger partial charge < -0.3 is 19.1 Å². The highest BCUT2D eigenvalue weighted by atomic mass is 19.4. The zero-order chi connectivity index (χ0) is 23.7. The van der Waals surface area contributed by atoms with Crippen molar-refractivity contribution in [2.24, 2.45) is 0 Å². The quantitative estimate of drug-likeness (QED) is 0.630. The van der Waals surface area contributed by atoms with Crippen molar-refractivity contribution in [1.29, 1.82) is 5.26 Å². The molecule has 1 saturated heterocycles. The molecule has 10 heteroatoms. The third-order valence-corrected chi connectivity index (χ3v) is 6.32. The van der Waals surface area contributed by atoms with Crippen molar-refractivity contribution in [3.8, 4) is 23.4 Å². The van der Waals surface area contributed by atoms with Gasteiger partial charge in [-0.25, -0.2) is 4.98 Å². The molecule has 0 spiro atoms. The third-order valence-electron chi connectivity index (χ3n) is 6.32. The number of anilines is 1. The Kier molecular flexibility index (Phi) is 6.13. The third kappa shape index (κ3) is 4.71. The monoisotopic (exact) mass is 474 g/mol. The molecule has 1 aliphatic carbocycles. The summed E-state index contributed by atoms with van der Waals surface area (Å²) in [6.45, 7) is 4.84. The number of para-hydroxylation sites is 1. The van der Waals surface area contributed by atoms with Gasteiger partial charge >= 0.3 is 6.18 Å². The van der Waals surface area contributed by atoms with E-state index in [2.05, 4.69) is 14.8 Å². The minimum Gasteiger partial charge on any atom is -0.486 e. The van der Waals surface area contributed by atoms with E-state index in [0.29, 0.717) is 25.5 Å². The van der Waals surface area contributed by atoms with E-state index in [1.165, 1.54) is 0 Å². The topological polar surface area (TPSA) is 70.9 Å². The highest BCUT2D eigenvalue weighted by molar-refractivity contribution is 5.65. The van der Waals surface area contributed by atoms with Gasteiger partial charge in [0.25, 0.3) is 0 Å². The maximum atomic E-state index is 13.5. The molecule has 180 valence electrons. The molecule has 2 aliphatic heterocycles. The molecule has 0 N–H and O–H groups in total. The summed E-state index contributed by atoms with van der Waals surface area (Å²) in [6.07, 6.45) is -3.01. The molecule has 5 rings (SSSR count). The molecule has 0 unspecified atom stereocenters. The molecular weight excluding hydrogens is 449 g/mol. The number of halogens is 3. The Labute approximate surface area is 195 Å². The number of pyridine rings is 1. The Morgan fingerprint density at radius 1 is 1.12 bits per heavy atom. The smallest absolute Gasteiger partial charge is 0.417 e. The number of hydrogen-bond acceptors (Lipinski definition) is 7. The van der Waals surface area contributed by atoms with Crippen LogP contribution in [0.1, 0.15) is 35.6 Å². The number of nitriles is 1. The van der Waals surface area contributed by atoms with E-state index in [4.69, 9.17) is 14.2 Å². The van der Waals surface area contributed by atoms with Crippen molar-refractivity contribution in [2.45, 2.75) is 24.9 Å². The SMILES string of the molecule is N#Cc1c(C(F)(F)F)cc(C2CC2)nc1OCCN1CCN(c2cccc3c2OCCO3)CC1. The highest BCUT2D eigenvalue weighted by Gasteiger charge is 2.38. The van der Waals surface area contributed by atoms with Crippen LogP contribution < -0.4 is 19.1 Å². The molecule has 3 heterocycles. The molecule has 0 radical (unpaired) electrons. The van der Waals surface area contributed by atoms with E-state index in [0.717, 1.165) is 62.3 Å². The maximum absolute atomic E-state index is 13.5. The molecule has 7 nitrogen and oxygen atoms in total. The van der Waals surface area contributed by atoms with Gasteiger partial charge in [-0.15, -0.1) is 0 Å². The van der Waals surface area contributed by atoms with Crippen molar-refractivity contribution in [3.05, 3.63) is 41.1 Å². The average Bonchev–Trinajstić information content (AvgIpc) is 3.69. The van der Waals surface area contributed by atoms with Crippen LogP contribution in [0, 0.1) is 11.3 Å². The predicted octanol–water partition coefficient (Wildman–Crippen LogP) is 3.82. The van der Waals surface area contributed by atoms with Crippen LogP contribution >= 0.6 is 0 Å². The van der Waals surface area contributed by atoms with Crippen LogP contribution in [-0.4, -0.2) is 62.4 Å². The summed E-state index contributed by atoms with van der Waals surface area (Å²) in [5.74, 6) is 1.33. The first-order valence-electron chi connectivity index (χ1n) is 11.4. The minimum absolute atomic E-state index is 0.0161. The number of aromatic nitrogens is 1. The van der Waals surface area contributed by atoms with Crippen LogP contribution in [0.25, 0.3) is 0 Å². The van der Waals surface area contributed by atoms with Gasteiger partial charge in [-0.1, -0.05) is 6.07 Å². The van der Waals surface area contributed by atoms with Gasteiger partial charge in [0.2, 0.25) is 5.88 Å². The molecule has 1 aromatic heterocycles. The van der Waals surface area contributed by atoms with Gasteiger partial charge in [0.1, 0.15) is 31.5 Å². The summed E-state index contributed by atoms with van der Waals surface area (Å²) in [6, 6.07) is 8.52. The Hall–Kier alpha value is -3.19. The zero-order valence-electron chi connectivity index (χ0n) is 18.6. The van der Waals surface area contributed by atoms with Crippen molar-refractivity contribution in [1.82, 2.24) is 9.88 Å². The molecule has 0 bridgehead atoms. The fraction of sp³-hybridized carbons (Fsp3) is 0.500. The van der Waals surface area contributed by atoms with E-state index < -0.39 is 17.3 Å². The summed E-state index contributed by atoms with van der Waals surface area (Å²) >= 11 is 0. The molecule has 1 saturated carbocycles. The van der Waals surface area contributed by atoms with E-state index >= 15 is 0 Å². The van der Waals surface area contributed by atoms with E-state index in [1.54, 1.807) is 6.07 Å². The van der Waals surface area contributed by atoms with Gasteiger partial charge in [0.15, 0.2) is 11.5 Å². The first kappa shape index (κ1) is 22.6. The second-order valence-electron chi connectivity index (χ2n) is 8.64. The number of rotatable bonds is 6. The Morgan fingerprint density at radius 3 is 2.59 bits per heavy atom. The van der Waals surface area contributed by atoms with Crippen molar-refractivity contribution >= 4 is 5.69 Å². The number of benzene rings is 1. The number of piperazine rings is 1. The van der Waals surface area contributed by atoms with Crippen LogP contribution in [0.4, 0.5) is 18.9 Å². The van der Waals surface area contributed by atoms with Crippen molar-refractivity contribution in [3.63, 3.8) is 0 Å². The summed E-state index contributed by atoms with van der Waals surface area (Å²) < 4.78 is 57.7. The number of fused-ring (bicyclic) bond motifs is 1. The lowest BCUT2D eigenvalue weighted by atomic mass is 10.1. The van der Waals surface area contributed by atoms with Crippen LogP contribution in [0.5, 0.6) is 17.4 Å². The molecule has 3 aliphatic rings. The van der Waals surface area contributed by atoms with Gasteiger partial charge in [0.05, 0.1) is 11.3 Å². The standard InChI is InChI=1S/C24H25F3N4O3/c25-24(26,27)18-14-19(16-4-5-16)29-23(17(18)15-28)34-11-10-30-6-8-31(9-7-30)20-2-1-3-21-22(20)33-13-12-32-21/h1-3,14,16H,4-13H2. The first-order chi connectivity index (χ1) is 16.4. The van der Waals surface area contributed by atoms with Crippen molar-refractivity contribution in [2.75, 3.05) is 57.4 Å². The second-order valence-corrected chi connectivity index (χ2v) is 8.64. The molecular formula is C24H25F3N4O3. The van der Waals surface area contributed by atoms with Crippen molar-refractivity contribution < 1.29 is 27.4 Å². The summed E-state index contributed by atoms with van der Waals surface area (Å²) in [5.41, 5.74) is -0.148. The van der Waals surface area contributed by atoms with E-state index in [9.17, 15) is 18.4 Å². The second kappa shape index (κ2) is 9.22. The van der Waals surface area contributed by atoms with Crippen LogP contribution in [0.3, 0.4) is 0 Å². The minimum atomic E-state index is -4.63. The molecule has 1 aromatic carbocycles. The molecule has 2 aromatic rings. The molecule has 34 heavy (non-hydrogen) atoms. The van der Waals surface area contributed by atoms with E-state index in [1.807, 2.05) is 18.2 Å². The number of ether oxygens (including phenoxy) is 3. The van der Waals surface area contributed by atoms with Crippen LogP contribution in [0.15, 0.2) is 24.3 Å². The predicted molar refractivity (Wildman–Crippen MR) is 118 cm³/mol. The molecule has 0 amide bonds. The van der Waals surface area contributed by atoms with Gasteiger partial charge in [-0.3, -0.25) is 4.90 Å². The average molecular weight is 474 g/mol. The van der Waals surface area contributed by atoms with Gasteiger partial charge in [0, 0.05) is 44.3 Å². The Balaban J connectivity index is 1.20. The largest absolute Gasteiger partial charge is 0.486 e. The normalized spacial score (nSPS) is 18.5. The fourth-order valence-corrected chi connectivity index (χ4v) is 4.36. The number of hydrogen-bond donors (Lipinski definition) is 0. The molecule has 0 atom stereocenters.